The van der Waals surface area contributed by atoms with Gasteiger partial charge in [-0.05, 0) is 25.5 Å². The van der Waals surface area contributed by atoms with Crippen LogP contribution in [0.15, 0.2) is 11.8 Å². The fourth-order valence-electron chi connectivity index (χ4n) is 2.85. The van der Waals surface area contributed by atoms with Crippen LogP contribution in [0.25, 0.3) is 0 Å². The van der Waals surface area contributed by atoms with Crippen LogP contribution in [-0.2, 0) is 18.9 Å². The summed E-state index contributed by atoms with van der Waals surface area (Å²) in [6.07, 6.45) is 5.09. The lowest BCUT2D eigenvalue weighted by atomic mass is 10.1. The SMILES string of the molecule is NCCC(OC1COC2CCOC21)C1=CCCO1. The molecule has 0 aromatic heterocycles. The van der Waals surface area contributed by atoms with E-state index in [1.807, 2.05) is 0 Å². The molecular weight excluding hydrogens is 234 g/mol. The van der Waals surface area contributed by atoms with E-state index < -0.39 is 0 Å². The molecule has 3 aliphatic rings. The molecule has 5 nitrogen and oxygen atoms in total. The molecule has 0 bridgehead atoms. The highest BCUT2D eigenvalue weighted by molar-refractivity contribution is 5.05. The summed E-state index contributed by atoms with van der Waals surface area (Å²) in [4.78, 5) is 0. The fraction of sp³-hybridized carbons (Fsp3) is 0.846. The van der Waals surface area contributed by atoms with Gasteiger partial charge < -0.3 is 24.7 Å². The molecular formula is C13H21NO4. The highest BCUT2D eigenvalue weighted by Gasteiger charge is 2.43. The van der Waals surface area contributed by atoms with Gasteiger partial charge in [-0.25, -0.2) is 0 Å². The zero-order valence-electron chi connectivity index (χ0n) is 10.5. The van der Waals surface area contributed by atoms with Crippen molar-refractivity contribution >= 4 is 0 Å². The number of nitrogens with two attached hydrogens (primary N) is 1. The van der Waals surface area contributed by atoms with Crippen LogP contribution in [0.2, 0.25) is 0 Å². The summed E-state index contributed by atoms with van der Waals surface area (Å²) in [6.45, 7) is 2.73. The molecule has 3 heterocycles. The first kappa shape index (κ1) is 12.4. The second-order valence-electron chi connectivity index (χ2n) is 4.98. The molecule has 0 spiro atoms. The van der Waals surface area contributed by atoms with E-state index in [1.165, 1.54) is 0 Å². The number of hydrogen-bond donors (Lipinski definition) is 1. The van der Waals surface area contributed by atoms with Gasteiger partial charge >= 0.3 is 0 Å². The molecule has 4 atom stereocenters. The smallest absolute Gasteiger partial charge is 0.121 e. The van der Waals surface area contributed by atoms with E-state index in [1.54, 1.807) is 0 Å². The zero-order chi connectivity index (χ0) is 12.4. The average molecular weight is 255 g/mol. The Morgan fingerprint density at radius 1 is 1.39 bits per heavy atom. The Balaban J connectivity index is 1.61. The lowest BCUT2D eigenvalue weighted by Gasteiger charge is -2.24. The summed E-state index contributed by atoms with van der Waals surface area (Å²) < 4.78 is 23.1. The summed E-state index contributed by atoms with van der Waals surface area (Å²) in [5.74, 6) is 0.932. The maximum absolute atomic E-state index is 6.13. The summed E-state index contributed by atoms with van der Waals surface area (Å²) >= 11 is 0. The van der Waals surface area contributed by atoms with Crippen molar-refractivity contribution in [2.45, 2.75) is 43.7 Å². The van der Waals surface area contributed by atoms with Crippen LogP contribution >= 0.6 is 0 Å². The second kappa shape index (κ2) is 5.57. The predicted octanol–water partition coefficient (Wildman–Crippen LogP) is 0.581. The van der Waals surface area contributed by atoms with E-state index in [9.17, 15) is 0 Å². The predicted molar refractivity (Wildman–Crippen MR) is 65.1 cm³/mol. The van der Waals surface area contributed by atoms with Gasteiger partial charge in [0.05, 0.1) is 19.3 Å². The molecule has 0 radical (unpaired) electrons. The fourth-order valence-corrected chi connectivity index (χ4v) is 2.85. The minimum atomic E-state index is -0.0472. The van der Waals surface area contributed by atoms with Crippen molar-refractivity contribution < 1.29 is 18.9 Å². The number of fused-ring (bicyclic) bond motifs is 1. The Bertz CT molecular complexity index is 320. The second-order valence-corrected chi connectivity index (χ2v) is 4.98. The van der Waals surface area contributed by atoms with Gasteiger partial charge in [0.2, 0.25) is 0 Å². The molecule has 3 aliphatic heterocycles. The molecule has 3 rings (SSSR count). The summed E-state index contributed by atoms with van der Waals surface area (Å²) in [7, 11) is 0. The van der Waals surface area contributed by atoms with Crippen LogP contribution in [-0.4, -0.2) is 50.8 Å². The van der Waals surface area contributed by atoms with Crippen molar-refractivity contribution in [1.29, 1.82) is 0 Å². The standard InChI is InChI=1S/C13H21NO4/c14-5-3-10(9-2-1-6-15-9)18-12-8-17-11-4-7-16-13(11)12/h2,10-13H,1,3-8,14H2. The van der Waals surface area contributed by atoms with Crippen molar-refractivity contribution in [3.8, 4) is 0 Å². The maximum atomic E-state index is 6.13. The molecule has 2 saturated heterocycles. The Kier molecular flexibility index (Phi) is 3.84. The third-order valence-corrected chi connectivity index (χ3v) is 3.74. The lowest BCUT2D eigenvalue weighted by molar-refractivity contribution is -0.0719. The van der Waals surface area contributed by atoms with Gasteiger partial charge in [-0.15, -0.1) is 0 Å². The van der Waals surface area contributed by atoms with Crippen LogP contribution in [0.1, 0.15) is 19.3 Å². The van der Waals surface area contributed by atoms with E-state index >= 15 is 0 Å². The first-order valence-corrected chi connectivity index (χ1v) is 6.80. The Labute approximate surface area is 107 Å². The minimum absolute atomic E-state index is 0.0131. The summed E-state index contributed by atoms with van der Waals surface area (Å²) in [5.41, 5.74) is 5.65. The molecule has 18 heavy (non-hydrogen) atoms. The van der Waals surface area contributed by atoms with E-state index in [-0.39, 0.29) is 24.4 Å². The first-order chi connectivity index (χ1) is 8.88. The van der Waals surface area contributed by atoms with Crippen molar-refractivity contribution in [1.82, 2.24) is 0 Å². The molecule has 0 aromatic rings. The average Bonchev–Trinajstić information content (AvgIpc) is 3.07. The lowest BCUT2D eigenvalue weighted by Crippen LogP contribution is -2.35. The molecule has 5 heteroatoms. The largest absolute Gasteiger partial charge is 0.495 e. The van der Waals surface area contributed by atoms with Crippen LogP contribution < -0.4 is 5.73 Å². The number of ether oxygens (including phenoxy) is 4. The van der Waals surface area contributed by atoms with E-state index in [2.05, 4.69) is 6.08 Å². The van der Waals surface area contributed by atoms with Gasteiger partial charge in [-0.3, -0.25) is 0 Å². The maximum Gasteiger partial charge on any atom is 0.121 e. The summed E-state index contributed by atoms with van der Waals surface area (Å²) in [5, 5.41) is 0. The van der Waals surface area contributed by atoms with Crippen LogP contribution in [0, 0.1) is 0 Å². The van der Waals surface area contributed by atoms with E-state index in [4.69, 9.17) is 24.7 Å². The van der Waals surface area contributed by atoms with Gasteiger partial charge in [0, 0.05) is 13.0 Å². The number of hydrogen-bond acceptors (Lipinski definition) is 5. The van der Waals surface area contributed by atoms with Crippen LogP contribution in [0.3, 0.4) is 0 Å². The topological polar surface area (TPSA) is 62.9 Å². The first-order valence-electron chi connectivity index (χ1n) is 6.80. The molecule has 4 unspecified atom stereocenters. The van der Waals surface area contributed by atoms with Crippen molar-refractivity contribution in [2.24, 2.45) is 5.73 Å². The van der Waals surface area contributed by atoms with Gasteiger partial charge in [0.15, 0.2) is 0 Å². The van der Waals surface area contributed by atoms with Crippen molar-refractivity contribution in [3.05, 3.63) is 11.8 Å². The number of rotatable bonds is 5. The summed E-state index contributed by atoms with van der Waals surface area (Å²) in [6, 6.07) is 0. The Morgan fingerprint density at radius 3 is 3.11 bits per heavy atom. The third kappa shape index (κ3) is 2.40. The third-order valence-electron chi connectivity index (χ3n) is 3.74. The molecule has 0 aliphatic carbocycles. The normalized spacial score (nSPS) is 36.3. The molecule has 0 saturated carbocycles. The van der Waals surface area contributed by atoms with Gasteiger partial charge in [-0.1, -0.05) is 0 Å². The quantitative estimate of drug-likeness (QED) is 0.778. The minimum Gasteiger partial charge on any atom is -0.495 e. The van der Waals surface area contributed by atoms with Gasteiger partial charge in [-0.2, -0.15) is 0 Å². The van der Waals surface area contributed by atoms with Crippen LogP contribution in [0.5, 0.6) is 0 Å². The molecule has 102 valence electrons. The van der Waals surface area contributed by atoms with Crippen molar-refractivity contribution in [3.63, 3.8) is 0 Å². The van der Waals surface area contributed by atoms with Crippen molar-refractivity contribution in [2.75, 3.05) is 26.4 Å². The zero-order valence-corrected chi connectivity index (χ0v) is 10.5. The van der Waals surface area contributed by atoms with E-state index in [0.717, 1.165) is 38.2 Å². The molecule has 2 fully saturated rings. The Morgan fingerprint density at radius 2 is 2.33 bits per heavy atom. The Hall–Kier alpha value is -0.620. The van der Waals surface area contributed by atoms with Gasteiger partial charge in [0.25, 0.3) is 0 Å². The molecule has 0 aromatic carbocycles. The van der Waals surface area contributed by atoms with E-state index in [0.29, 0.717) is 13.2 Å². The highest BCUT2D eigenvalue weighted by atomic mass is 16.6. The van der Waals surface area contributed by atoms with Gasteiger partial charge in [0.1, 0.15) is 24.1 Å². The molecule has 0 amide bonds. The monoisotopic (exact) mass is 255 g/mol. The highest BCUT2D eigenvalue weighted by Crippen LogP contribution is 2.31. The van der Waals surface area contributed by atoms with Crippen LogP contribution in [0.4, 0.5) is 0 Å². The molecule has 2 N–H and O–H groups in total.